The van der Waals surface area contributed by atoms with E-state index in [0.29, 0.717) is 41.8 Å². The van der Waals surface area contributed by atoms with E-state index in [-0.39, 0.29) is 17.2 Å². The molecule has 3 heterocycles. The minimum absolute atomic E-state index is 0.0577. The first kappa shape index (κ1) is 22.2. The number of carbonyl (C=O) groups excluding carboxylic acids is 1. The van der Waals surface area contributed by atoms with Crippen molar-refractivity contribution in [1.29, 1.82) is 0 Å². The minimum Gasteiger partial charge on any atom is -0.440 e. The van der Waals surface area contributed by atoms with Gasteiger partial charge in [-0.15, -0.1) is 11.3 Å². The van der Waals surface area contributed by atoms with Crippen LogP contribution < -0.4 is 10.0 Å². The summed E-state index contributed by atoms with van der Waals surface area (Å²) < 4.78 is 33.5. The van der Waals surface area contributed by atoms with E-state index in [9.17, 15) is 13.2 Å². The number of nitrogens with one attached hydrogen (secondary N) is 2. The maximum Gasteiger partial charge on any atom is 0.262 e. The molecule has 1 aliphatic rings. The molecule has 0 saturated carbocycles. The maximum atomic E-state index is 12.6. The standard InChI is InChI=1S/C22H24N4O4S2/c1-15-18(25-22(30-15)19-6-5-13-31-19)14-21(27)24-16-8-10-17(11-9-16)32(28,29)26-20-7-3-2-4-12-23-20/h5-6,8-11,13H,2-4,7,12,14H2,1H3,(H,23,26)(H,24,27). The third-order valence-electron chi connectivity index (χ3n) is 5.03. The number of aliphatic imine (C=N–C) groups is 1. The van der Waals surface area contributed by atoms with E-state index in [2.05, 4.69) is 20.0 Å². The second kappa shape index (κ2) is 9.66. The van der Waals surface area contributed by atoms with Gasteiger partial charge in [-0.2, -0.15) is 0 Å². The van der Waals surface area contributed by atoms with Gasteiger partial charge in [-0.3, -0.25) is 14.5 Å². The van der Waals surface area contributed by atoms with Crippen LogP contribution in [0.15, 0.2) is 56.1 Å². The van der Waals surface area contributed by atoms with E-state index in [4.69, 9.17) is 4.42 Å². The first-order valence-corrected chi connectivity index (χ1v) is 12.7. The first-order valence-electron chi connectivity index (χ1n) is 10.4. The van der Waals surface area contributed by atoms with Gasteiger partial charge in [-0.1, -0.05) is 12.5 Å². The molecule has 0 spiro atoms. The fourth-order valence-corrected chi connectivity index (χ4v) is 5.08. The molecule has 0 atom stereocenters. The Morgan fingerprint density at radius 2 is 1.97 bits per heavy atom. The lowest BCUT2D eigenvalue weighted by Crippen LogP contribution is -2.30. The first-order chi connectivity index (χ1) is 15.4. The average Bonchev–Trinajstić information content (AvgIpc) is 3.33. The molecule has 3 aromatic rings. The fourth-order valence-electron chi connectivity index (χ4n) is 3.34. The summed E-state index contributed by atoms with van der Waals surface area (Å²) in [6.07, 6.45) is 3.63. The second-order valence-electron chi connectivity index (χ2n) is 7.49. The number of anilines is 1. The minimum atomic E-state index is -3.71. The van der Waals surface area contributed by atoms with Crippen LogP contribution in [0.1, 0.15) is 37.1 Å². The maximum absolute atomic E-state index is 12.6. The van der Waals surface area contributed by atoms with Gasteiger partial charge in [0.1, 0.15) is 11.6 Å². The Bertz CT molecular complexity index is 1210. The Kier molecular flexibility index (Phi) is 6.71. The molecule has 32 heavy (non-hydrogen) atoms. The molecule has 0 radical (unpaired) electrons. The highest BCUT2D eigenvalue weighted by Crippen LogP contribution is 2.26. The molecule has 0 aliphatic carbocycles. The Hall–Kier alpha value is -2.98. The van der Waals surface area contributed by atoms with Gasteiger partial charge in [0, 0.05) is 18.7 Å². The van der Waals surface area contributed by atoms with Crippen LogP contribution in [0.25, 0.3) is 10.8 Å². The number of hydrogen-bond acceptors (Lipinski definition) is 7. The fraction of sp³-hybridized carbons (Fsp3) is 0.318. The number of amides is 1. The number of aryl methyl sites for hydroxylation is 1. The van der Waals surface area contributed by atoms with Crippen molar-refractivity contribution in [3.05, 3.63) is 53.2 Å². The predicted octanol–water partition coefficient (Wildman–Crippen LogP) is 4.14. The van der Waals surface area contributed by atoms with Crippen molar-refractivity contribution < 1.29 is 17.6 Å². The number of benzene rings is 1. The zero-order valence-corrected chi connectivity index (χ0v) is 19.3. The SMILES string of the molecule is Cc1oc(-c2cccs2)nc1CC(=O)Nc1ccc(S(=O)(=O)NC2=NCCCCC2)cc1. The zero-order valence-electron chi connectivity index (χ0n) is 17.6. The van der Waals surface area contributed by atoms with Crippen LogP contribution in [0.3, 0.4) is 0 Å². The van der Waals surface area contributed by atoms with Crippen molar-refractivity contribution >= 4 is 38.8 Å². The van der Waals surface area contributed by atoms with Gasteiger partial charge in [0.15, 0.2) is 0 Å². The molecule has 2 aromatic heterocycles. The highest BCUT2D eigenvalue weighted by Gasteiger charge is 2.18. The number of rotatable bonds is 6. The molecule has 8 nitrogen and oxygen atoms in total. The Morgan fingerprint density at radius 3 is 2.72 bits per heavy atom. The summed E-state index contributed by atoms with van der Waals surface area (Å²) in [5, 5.41) is 4.71. The third kappa shape index (κ3) is 5.43. The van der Waals surface area contributed by atoms with Crippen molar-refractivity contribution in [3.63, 3.8) is 0 Å². The number of sulfonamides is 1. The number of carbonyl (C=O) groups is 1. The van der Waals surface area contributed by atoms with E-state index < -0.39 is 10.0 Å². The number of oxazole rings is 1. The molecule has 0 fully saturated rings. The molecular weight excluding hydrogens is 448 g/mol. The van der Waals surface area contributed by atoms with Gasteiger partial charge in [0.2, 0.25) is 11.8 Å². The van der Waals surface area contributed by atoms with E-state index >= 15 is 0 Å². The van der Waals surface area contributed by atoms with Gasteiger partial charge >= 0.3 is 0 Å². The van der Waals surface area contributed by atoms with Crippen LogP contribution in [0.4, 0.5) is 5.69 Å². The lowest BCUT2D eigenvalue weighted by molar-refractivity contribution is -0.115. The molecule has 1 amide bonds. The number of nitrogens with zero attached hydrogens (tertiary/aromatic N) is 2. The van der Waals surface area contributed by atoms with Gasteiger partial charge in [0.05, 0.1) is 21.9 Å². The highest BCUT2D eigenvalue weighted by atomic mass is 32.2. The molecule has 1 aliphatic heterocycles. The summed E-state index contributed by atoms with van der Waals surface area (Å²) in [5.74, 6) is 1.34. The molecular formula is C22H24N4O4S2. The summed E-state index contributed by atoms with van der Waals surface area (Å²) in [5.41, 5.74) is 1.07. The van der Waals surface area contributed by atoms with Crippen molar-refractivity contribution in [2.24, 2.45) is 4.99 Å². The van der Waals surface area contributed by atoms with Gasteiger partial charge in [-0.05, 0) is 55.5 Å². The van der Waals surface area contributed by atoms with Crippen LogP contribution >= 0.6 is 11.3 Å². The summed E-state index contributed by atoms with van der Waals surface area (Å²) in [6.45, 7) is 2.42. The molecule has 168 valence electrons. The molecule has 2 N–H and O–H groups in total. The van der Waals surface area contributed by atoms with E-state index in [0.717, 1.165) is 24.1 Å². The largest absolute Gasteiger partial charge is 0.440 e. The van der Waals surface area contributed by atoms with Crippen LogP contribution in [-0.2, 0) is 21.2 Å². The lowest BCUT2D eigenvalue weighted by atomic mass is 10.2. The Labute approximate surface area is 190 Å². The summed E-state index contributed by atoms with van der Waals surface area (Å²) in [4.78, 5) is 22.2. The second-order valence-corrected chi connectivity index (χ2v) is 10.1. The predicted molar refractivity (Wildman–Crippen MR) is 124 cm³/mol. The third-order valence-corrected chi connectivity index (χ3v) is 7.28. The van der Waals surface area contributed by atoms with Gasteiger partial charge in [-0.25, -0.2) is 13.4 Å². The van der Waals surface area contributed by atoms with E-state index in [1.165, 1.54) is 23.5 Å². The lowest BCUT2D eigenvalue weighted by Gasteiger charge is -2.10. The van der Waals surface area contributed by atoms with Crippen molar-refractivity contribution in [3.8, 4) is 10.8 Å². The summed E-state index contributed by atoms with van der Waals surface area (Å²) in [6, 6.07) is 9.88. The zero-order chi connectivity index (χ0) is 22.6. The highest BCUT2D eigenvalue weighted by molar-refractivity contribution is 7.90. The monoisotopic (exact) mass is 472 g/mol. The number of thiophene rings is 1. The van der Waals surface area contributed by atoms with Crippen LogP contribution in [0, 0.1) is 6.92 Å². The number of aromatic nitrogens is 1. The number of hydrogen-bond donors (Lipinski definition) is 2. The van der Waals surface area contributed by atoms with E-state index in [1.54, 1.807) is 19.1 Å². The topological polar surface area (TPSA) is 114 Å². The van der Waals surface area contributed by atoms with Crippen molar-refractivity contribution in [2.75, 3.05) is 11.9 Å². The Balaban J connectivity index is 1.38. The smallest absolute Gasteiger partial charge is 0.262 e. The van der Waals surface area contributed by atoms with Gasteiger partial charge < -0.3 is 9.73 Å². The molecule has 4 rings (SSSR count). The quantitative estimate of drug-likeness (QED) is 0.560. The summed E-state index contributed by atoms with van der Waals surface area (Å²) in [7, 11) is -3.71. The summed E-state index contributed by atoms with van der Waals surface area (Å²) >= 11 is 1.52. The molecule has 0 saturated heterocycles. The Morgan fingerprint density at radius 1 is 1.16 bits per heavy atom. The molecule has 0 unspecified atom stereocenters. The molecule has 10 heteroatoms. The normalized spacial score (nSPS) is 14.5. The van der Waals surface area contributed by atoms with Crippen LogP contribution in [0.5, 0.6) is 0 Å². The van der Waals surface area contributed by atoms with Crippen molar-refractivity contribution in [2.45, 2.75) is 43.9 Å². The average molecular weight is 473 g/mol. The molecule has 0 bridgehead atoms. The van der Waals surface area contributed by atoms with Crippen LogP contribution in [0.2, 0.25) is 0 Å². The van der Waals surface area contributed by atoms with E-state index in [1.807, 2.05) is 17.5 Å². The van der Waals surface area contributed by atoms with Crippen LogP contribution in [-0.4, -0.2) is 31.7 Å². The van der Waals surface area contributed by atoms with Crippen molar-refractivity contribution in [1.82, 2.24) is 9.71 Å². The van der Waals surface area contributed by atoms with Gasteiger partial charge in [0.25, 0.3) is 10.0 Å². The molecule has 1 aromatic carbocycles. The number of amidine groups is 1.